The molecule has 0 amide bonds. The fourth-order valence-electron chi connectivity index (χ4n) is 0.568. The summed E-state index contributed by atoms with van der Waals surface area (Å²) in [7, 11) is 0. The highest BCUT2D eigenvalue weighted by atomic mass is 14.9. The molecule has 0 saturated heterocycles. The van der Waals surface area contributed by atoms with Gasteiger partial charge in [0.25, 0.3) is 0 Å². The summed E-state index contributed by atoms with van der Waals surface area (Å²) in [6, 6.07) is 0. The van der Waals surface area contributed by atoms with Crippen molar-refractivity contribution in [3.63, 3.8) is 0 Å². The van der Waals surface area contributed by atoms with Gasteiger partial charge in [-0.25, -0.2) is 4.99 Å². The van der Waals surface area contributed by atoms with Crippen LogP contribution < -0.4 is 5.73 Å². The summed E-state index contributed by atoms with van der Waals surface area (Å²) in [4.78, 5) is 7.49. The molecule has 3 N–H and O–H groups in total. The second kappa shape index (κ2) is 4.43. The van der Waals surface area contributed by atoms with E-state index in [0.29, 0.717) is 5.84 Å². The minimum Gasteiger partial charge on any atom is -0.383 e. The molecule has 0 aliphatic heterocycles. The Morgan fingerprint density at radius 3 is 2.17 bits per heavy atom. The number of allylic oxidation sites excluding steroid dienone is 1. The topological polar surface area (TPSA) is 74.6 Å². The SMILES string of the molecule is C=N/C(C)=C(\C)C(N)=NC(C)=N. The van der Waals surface area contributed by atoms with Crippen LogP contribution in [0.2, 0.25) is 0 Å². The number of hydrogen-bond donors (Lipinski definition) is 2. The molecule has 0 bridgehead atoms. The predicted octanol–water partition coefficient (Wildman–Crippen LogP) is 1.34. The molecule has 0 heterocycles. The summed E-state index contributed by atoms with van der Waals surface area (Å²) in [6.45, 7) is 8.53. The average Bonchev–Trinajstić information content (AvgIpc) is 2.00. The van der Waals surface area contributed by atoms with Gasteiger partial charge in [-0.05, 0) is 27.5 Å². The number of rotatable bonds is 2. The van der Waals surface area contributed by atoms with Crippen molar-refractivity contribution >= 4 is 18.4 Å². The Balaban J connectivity index is 4.82. The lowest BCUT2D eigenvalue weighted by molar-refractivity contribution is 1.25. The van der Waals surface area contributed by atoms with E-state index in [2.05, 4.69) is 16.7 Å². The molecular weight excluding hydrogens is 152 g/mol. The molecule has 4 heteroatoms. The van der Waals surface area contributed by atoms with E-state index in [9.17, 15) is 0 Å². The minimum atomic E-state index is 0.184. The Morgan fingerprint density at radius 2 is 1.83 bits per heavy atom. The van der Waals surface area contributed by atoms with Crippen molar-refractivity contribution in [2.75, 3.05) is 0 Å². The molecule has 0 aromatic carbocycles. The lowest BCUT2D eigenvalue weighted by Crippen LogP contribution is -2.15. The summed E-state index contributed by atoms with van der Waals surface area (Å²) >= 11 is 0. The fraction of sp³-hybridized carbons (Fsp3) is 0.375. The first-order chi connectivity index (χ1) is 5.49. The largest absolute Gasteiger partial charge is 0.383 e. The number of aliphatic imine (C=N–C) groups is 2. The zero-order valence-electron chi connectivity index (χ0n) is 7.68. The highest BCUT2D eigenvalue weighted by molar-refractivity contribution is 6.03. The van der Waals surface area contributed by atoms with Gasteiger partial charge in [-0.15, -0.1) is 0 Å². The maximum absolute atomic E-state index is 7.08. The Bertz CT molecular complexity index is 260. The van der Waals surface area contributed by atoms with Crippen molar-refractivity contribution in [3.8, 4) is 0 Å². The van der Waals surface area contributed by atoms with E-state index in [-0.39, 0.29) is 5.84 Å². The van der Waals surface area contributed by atoms with Crippen LogP contribution in [0.25, 0.3) is 0 Å². The second-order valence-electron chi connectivity index (χ2n) is 2.45. The molecule has 0 atom stereocenters. The summed E-state index contributed by atoms with van der Waals surface area (Å²) in [6.07, 6.45) is 0. The summed E-state index contributed by atoms with van der Waals surface area (Å²) in [5.41, 5.74) is 7.05. The van der Waals surface area contributed by atoms with Gasteiger partial charge in [-0.2, -0.15) is 0 Å². The van der Waals surface area contributed by atoms with Gasteiger partial charge >= 0.3 is 0 Å². The summed E-state index contributed by atoms with van der Waals surface area (Å²) < 4.78 is 0. The predicted molar refractivity (Wildman–Crippen MR) is 52.9 cm³/mol. The van der Waals surface area contributed by atoms with Crippen LogP contribution >= 0.6 is 0 Å². The molecule has 0 saturated carbocycles. The molecule has 0 fully saturated rings. The van der Waals surface area contributed by atoms with Gasteiger partial charge in [-0.1, -0.05) is 0 Å². The molecule has 66 valence electrons. The monoisotopic (exact) mass is 166 g/mol. The minimum absolute atomic E-state index is 0.184. The third kappa shape index (κ3) is 3.09. The van der Waals surface area contributed by atoms with Crippen LogP contribution in [-0.4, -0.2) is 18.4 Å². The van der Waals surface area contributed by atoms with Crippen molar-refractivity contribution in [2.45, 2.75) is 20.8 Å². The van der Waals surface area contributed by atoms with Crippen molar-refractivity contribution in [1.82, 2.24) is 0 Å². The molecule has 0 aliphatic rings. The number of hydrogen-bond acceptors (Lipinski definition) is 2. The highest BCUT2D eigenvalue weighted by Crippen LogP contribution is 2.03. The molecule has 0 aromatic heterocycles. The highest BCUT2D eigenvalue weighted by Gasteiger charge is 1.99. The quantitative estimate of drug-likeness (QED) is 0.471. The van der Waals surface area contributed by atoms with Crippen LogP contribution in [0.4, 0.5) is 0 Å². The zero-order valence-corrected chi connectivity index (χ0v) is 7.68. The van der Waals surface area contributed by atoms with E-state index in [1.54, 1.807) is 20.8 Å². The van der Waals surface area contributed by atoms with E-state index in [1.165, 1.54) is 0 Å². The van der Waals surface area contributed by atoms with Crippen LogP contribution in [-0.2, 0) is 0 Å². The Morgan fingerprint density at radius 1 is 1.33 bits per heavy atom. The van der Waals surface area contributed by atoms with Gasteiger partial charge in [0.1, 0.15) is 11.7 Å². The molecule has 4 nitrogen and oxygen atoms in total. The molecule has 0 unspecified atom stereocenters. The summed E-state index contributed by atoms with van der Waals surface area (Å²) in [5.74, 6) is 0.510. The van der Waals surface area contributed by atoms with Crippen LogP contribution in [0.15, 0.2) is 21.3 Å². The van der Waals surface area contributed by atoms with Crippen molar-refractivity contribution in [3.05, 3.63) is 11.3 Å². The zero-order chi connectivity index (χ0) is 9.72. The van der Waals surface area contributed by atoms with Crippen LogP contribution in [0.3, 0.4) is 0 Å². The molecule has 0 aliphatic carbocycles. The third-order valence-corrected chi connectivity index (χ3v) is 1.45. The maximum Gasteiger partial charge on any atom is 0.130 e. The third-order valence-electron chi connectivity index (χ3n) is 1.45. The average molecular weight is 166 g/mol. The van der Waals surface area contributed by atoms with E-state index in [1.807, 2.05) is 0 Å². The Kier molecular flexibility index (Phi) is 3.90. The first-order valence-corrected chi connectivity index (χ1v) is 3.53. The molecule has 12 heavy (non-hydrogen) atoms. The first kappa shape index (κ1) is 10.6. The van der Waals surface area contributed by atoms with E-state index in [4.69, 9.17) is 11.1 Å². The van der Waals surface area contributed by atoms with Crippen LogP contribution in [0, 0.1) is 5.41 Å². The smallest absolute Gasteiger partial charge is 0.130 e. The standard InChI is InChI=1S/C8H14N4/c1-5(6(2)11-4)8(10)12-7(3)9/h4H2,1-3H3,(H3,9,10,12)/b6-5+. The van der Waals surface area contributed by atoms with Gasteiger partial charge in [0, 0.05) is 11.3 Å². The Hall–Kier alpha value is -1.45. The van der Waals surface area contributed by atoms with E-state index < -0.39 is 0 Å². The normalized spacial score (nSPS) is 13.8. The number of amidine groups is 2. The van der Waals surface area contributed by atoms with E-state index in [0.717, 1.165) is 11.3 Å². The maximum atomic E-state index is 7.08. The van der Waals surface area contributed by atoms with Gasteiger partial charge in [0.05, 0.1) is 0 Å². The van der Waals surface area contributed by atoms with Crippen molar-refractivity contribution in [2.24, 2.45) is 15.7 Å². The fourth-order valence-corrected chi connectivity index (χ4v) is 0.568. The number of nitrogens with one attached hydrogen (secondary N) is 1. The lowest BCUT2D eigenvalue weighted by atomic mass is 10.2. The summed E-state index contributed by atoms with van der Waals surface area (Å²) in [5, 5.41) is 7.08. The first-order valence-electron chi connectivity index (χ1n) is 3.53. The molecular formula is C8H14N4. The van der Waals surface area contributed by atoms with Gasteiger partial charge in [0.2, 0.25) is 0 Å². The van der Waals surface area contributed by atoms with Crippen LogP contribution in [0.1, 0.15) is 20.8 Å². The van der Waals surface area contributed by atoms with Crippen molar-refractivity contribution in [1.29, 1.82) is 5.41 Å². The second-order valence-corrected chi connectivity index (χ2v) is 2.45. The lowest BCUT2D eigenvalue weighted by Gasteiger charge is -2.01. The number of nitrogens with two attached hydrogens (primary N) is 1. The van der Waals surface area contributed by atoms with E-state index >= 15 is 0 Å². The molecule has 0 rings (SSSR count). The van der Waals surface area contributed by atoms with Gasteiger partial charge in [-0.3, -0.25) is 10.4 Å². The van der Waals surface area contributed by atoms with Gasteiger partial charge in [0.15, 0.2) is 0 Å². The van der Waals surface area contributed by atoms with Crippen LogP contribution in [0.5, 0.6) is 0 Å². The molecule has 0 spiro atoms. The van der Waals surface area contributed by atoms with Crippen molar-refractivity contribution < 1.29 is 0 Å². The number of nitrogens with zero attached hydrogens (tertiary/aromatic N) is 2. The molecule has 0 aromatic rings. The molecule has 0 radical (unpaired) electrons. The van der Waals surface area contributed by atoms with Gasteiger partial charge < -0.3 is 5.73 Å². The Labute approximate surface area is 72.4 Å².